The Labute approximate surface area is 108 Å². The molecule has 0 aliphatic carbocycles. The van der Waals surface area contributed by atoms with Crippen LogP contribution in [0.3, 0.4) is 0 Å². The Hall–Kier alpha value is -1.95. The topological polar surface area (TPSA) is 73.8 Å². The van der Waals surface area contributed by atoms with Crippen molar-refractivity contribution in [3.8, 4) is 5.69 Å². The van der Waals surface area contributed by atoms with Gasteiger partial charge in [-0.15, -0.1) is 16.7 Å². The van der Waals surface area contributed by atoms with Crippen LogP contribution in [0.25, 0.3) is 5.69 Å². The summed E-state index contributed by atoms with van der Waals surface area (Å²) in [7, 11) is 0. The van der Waals surface area contributed by atoms with Crippen LogP contribution in [-0.4, -0.2) is 19.9 Å². The number of hydrogen-bond donors (Lipinski definition) is 0. The number of aryl methyl sites for hydroxylation is 2. The van der Waals surface area contributed by atoms with E-state index < -0.39 is 4.92 Å². The van der Waals surface area contributed by atoms with E-state index in [9.17, 15) is 10.1 Å². The van der Waals surface area contributed by atoms with Gasteiger partial charge in [-0.05, 0) is 25.5 Å². The van der Waals surface area contributed by atoms with Gasteiger partial charge in [0.15, 0.2) is 0 Å². The Bertz CT molecular complexity index is 609. The smallest absolute Gasteiger partial charge is 0.258 e. The maximum atomic E-state index is 10.9. The lowest BCUT2D eigenvalue weighted by Crippen LogP contribution is -2.01. The van der Waals surface area contributed by atoms with Crippen LogP contribution in [0.15, 0.2) is 18.3 Å². The highest BCUT2D eigenvalue weighted by Gasteiger charge is 2.15. The Morgan fingerprint density at radius 2 is 2.11 bits per heavy atom. The third kappa shape index (κ3) is 2.19. The van der Waals surface area contributed by atoms with E-state index in [1.54, 1.807) is 19.2 Å². The number of rotatable bonds is 3. The molecule has 1 aromatic heterocycles. The Morgan fingerprint density at radius 3 is 2.67 bits per heavy atom. The molecular formula is C11H11ClN4O2. The lowest BCUT2D eigenvalue weighted by Gasteiger charge is -2.06. The highest BCUT2D eigenvalue weighted by atomic mass is 35.5. The van der Waals surface area contributed by atoms with Crippen LogP contribution in [0.1, 0.15) is 16.8 Å². The van der Waals surface area contributed by atoms with E-state index in [1.165, 1.54) is 10.7 Å². The molecule has 2 rings (SSSR count). The molecule has 0 atom stereocenters. The number of halogens is 1. The molecule has 0 aliphatic rings. The van der Waals surface area contributed by atoms with E-state index in [1.807, 2.05) is 6.92 Å². The summed E-state index contributed by atoms with van der Waals surface area (Å²) in [6, 6.07) is 3.26. The summed E-state index contributed by atoms with van der Waals surface area (Å²) in [4.78, 5) is 10.5. The van der Waals surface area contributed by atoms with Crippen LogP contribution in [0.2, 0.25) is 0 Å². The fraction of sp³-hybridized carbons (Fsp3) is 0.273. The van der Waals surface area contributed by atoms with Crippen molar-refractivity contribution in [2.45, 2.75) is 19.7 Å². The molecule has 1 aromatic carbocycles. The zero-order valence-corrected chi connectivity index (χ0v) is 10.7. The Balaban J connectivity index is 2.56. The molecule has 18 heavy (non-hydrogen) atoms. The first-order valence-corrected chi connectivity index (χ1v) is 5.79. The lowest BCUT2D eigenvalue weighted by atomic mass is 10.1. The van der Waals surface area contributed by atoms with E-state index in [4.69, 9.17) is 11.6 Å². The maximum Gasteiger partial charge on any atom is 0.274 e. The Morgan fingerprint density at radius 1 is 1.39 bits per heavy atom. The molecule has 0 fully saturated rings. The zero-order valence-electron chi connectivity index (χ0n) is 9.92. The summed E-state index contributed by atoms with van der Waals surface area (Å²) in [5.74, 6) is 0.257. The van der Waals surface area contributed by atoms with Crippen molar-refractivity contribution in [3.63, 3.8) is 0 Å². The third-order valence-electron chi connectivity index (χ3n) is 2.64. The van der Waals surface area contributed by atoms with Crippen molar-refractivity contribution in [2.75, 3.05) is 0 Å². The first-order chi connectivity index (χ1) is 8.52. The van der Waals surface area contributed by atoms with Crippen LogP contribution in [0.5, 0.6) is 0 Å². The van der Waals surface area contributed by atoms with Gasteiger partial charge in [-0.3, -0.25) is 10.1 Å². The maximum absolute atomic E-state index is 10.9. The highest BCUT2D eigenvalue weighted by molar-refractivity contribution is 6.16. The molecule has 0 N–H and O–H groups in total. The fourth-order valence-corrected chi connectivity index (χ4v) is 1.87. The molecule has 0 radical (unpaired) electrons. The first-order valence-electron chi connectivity index (χ1n) is 5.26. The molecule has 2 aromatic rings. The largest absolute Gasteiger partial charge is 0.274 e. The van der Waals surface area contributed by atoms with Gasteiger partial charge >= 0.3 is 0 Å². The second kappa shape index (κ2) is 4.73. The van der Waals surface area contributed by atoms with Gasteiger partial charge in [0.1, 0.15) is 0 Å². The summed E-state index contributed by atoms with van der Waals surface area (Å²) in [5.41, 5.74) is 2.84. The van der Waals surface area contributed by atoms with Crippen molar-refractivity contribution in [3.05, 3.63) is 45.3 Å². The summed E-state index contributed by atoms with van der Waals surface area (Å²) in [6.07, 6.45) is 1.66. The highest BCUT2D eigenvalue weighted by Crippen LogP contribution is 2.24. The van der Waals surface area contributed by atoms with Crippen molar-refractivity contribution in [1.82, 2.24) is 15.0 Å². The quantitative estimate of drug-likeness (QED) is 0.486. The molecule has 0 saturated heterocycles. The molecule has 0 bridgehead atoms. The first kappa shape index (κ1) is 12.5. The zero-order chi connectivity index (χ0) is 13.3. The van der Waals surface area contributed by atoms with Crippen molar-refractivity contribution in [1.29, 1.82) is 0 Å². The van der Waals surface area contributed by atoms with E-state index >= 15 is 0 Å². The van der Waals surface area contributed by atoms with Gasteiger partial charge < -0.3 is 0 Å². The molecule has 0 spiro atoms. The second-order valence-electron chi connectivity index (χ2n) is 3.97. The minimum Gasteiger partial charge on any atom is -0.258 e. The summed E-state index contributed by atoms with van der Waals surface area (Å²) < 4.78 is 1.50. The summed E-state index contributed by atoms with van der Waals surface area (Å²) in [5, 5.41) is 18.7. The average molecular weight is 267 g/mol. The predicted octanol–water partition coefficient (Wildman–Crippen LogP) is 2.53. The van der Waals surface area contributed by atoms with Gasteiger partial charge in [0, 0.05) is 11.6 Å². The van der Waals surface area contributed by atoms with Crippen molar-refractivity contribution in [2.24, 2.45) is 0 Å². The minimum absolute atomic E-state index is 0.0681. The fourth-order valence-electron chi connectivity index (χ4n) is 1.75. The molecule has 94 valence electrons. The summed E-state index contributed by atoms with van der Waals surface area (Å²) in [6.45, 7) is 3.58. The van der Waals surface area contributed by atoms with Crippen molar-refractivity contribution >= 4 is 17.3 Å². The van der Waals surface area contributed by atoms with Crippen LogP contribution in [0.4, 0.5) is 5.69 Å². The average Bonchev–Trinajstić information content (AvgIpc) is 2.77. The number of nitro benzene ring substituents is 1. The van der Waals surface area contributed by atoms with Crippen LogP contribution in [0, 0.1) is 24.0 Å². The number of aromatic nitrogens is 3. The van der Waals surface area contributed by atoms with Crippen molar-refractivity contribution < 1.29 is 4.92 Å². The van der Waals surface area contributed by atoms with Gasteiger partial charge in [-0.2, -0.15) is 0 Å². The normalized spacial score (nSPS) is 10.6. The molecule has 0 unspecified atom stereocenters. The van der Waals surface area contributed by atoms with E-state index in [2.05, 4.69) is 10.3 Å². The molecule has 0 aliphatic heterocycles. The number of benzene rings is 1. The number of alkyl halides is 1. The monoisotopic (exact) mass is 266 g/mol. The number of nitro groups is 1. The Kier molecular flexibility index (Phi) is 3.29. The molecule has 1 heterocycles. The van der Waals surface area contributed by atoms with Gasteiger partial charge in [-0.25, -0.2) is 4.68 Å². The molecule has 0 amide bonds. The molecule has 0 saturated carbocycles. The van der Waals surface area contributed by atoms with Gasteiger partial charge in [-0.1, -0.05) is 5.21 Å². The van der Waals surface area contributed by atoms with E-state index in [-0.39, 0.29) is 11.6 Å². The number of nitrogens with zero attached hydrogens (tertiary/aromatic N) is 4. The summed E-state index contributed by atoms with van der Waals surface area (Å²) >= 11 is 5.65. The van der Waals surface area contributed by atoms with Gasteiger partial charge in [0.05, 0.1) is 28.4 Å². The standard InChI is InChI=1S/C11H11ClN4O2/c1-7-3-8(2)11(16(17)18)4-10(7)15-6-9(5-12)13-14-15/h3-4,6H,5H2,1-2H3. The van der Waals surface area contributed by atoms with Crippen LogP contribution in [-0.2, 0) is 5.88 Å². The molecule has 7 heteroatoms. The van der Waals surface area contributed by atoms with E-state index in [0.29, 0.717) is 16.9 Å². The molecule has 6 nitrogen and oxygen atoms in total. The van der Waals surface area contributed by atoms with E-state index in [0.717, 1.165) is 5.56 Å². The lowest BCUT2D eigenvalue weighted by molar-refractivity contribution is -0.385. The van der Waals surface area contributed by atoms with Crippen LogP contribution >= 0.6 is 11.6 Å². The third-order valence-corrected chi connectivity index (χ3v) is 2.91. The van der Waals surface area contributed by atoms with Crippen LogP contribution < -0.4 is 0 Å². The number of hydrogen-bond acceptors (Lipinski definition) is 4. The van der Waals surface area contributed by atoms with Gasteiger partial charge in [0.2, 0.25) is 0 Å². The second-order valence-corrected chi connectivity index (χ2v) is 4.24. The minimum atomic E-state index is -0.405. The SMILES string of the molecule is Cc1cc(C)c([N+](=O)[O-])cc1-n1cc(CCl)nn1. The molecular weight excluding hydrogens is 256 g/mol. The van der Waals surface area contributed by atoms with Gasteiger partial charge in [0.25, 0.3) is 5.69 Å². The predicted molar refractivity (Wildman–Crippen MR) is 67.0 cm³/mol.